The molecule has 2 aromatic heterocycles. The Kier molecular flexibility index (Phi) is 3.19. The maximum absolute atomic E-state index is 5.87. The van der Waals surface area contributed by atoms with Crippen LogP contribution in [0.3, 0.4) is 0 Å². The molecule has 0 saturated heterocycles. The van der Waals surface area contributed by atoms with Gasteiger partial charge in [-0.05, 0) is 28.1 Å². The molecule has 0 aromatic carbocycles. The molecule has 0 saturated carbocycles. The summed E-state index contributed by atoms with van der Waals surface area (Å²) >= 11 is 14.9. The van der Waals surface area contributed by atoms with Crippen LogP contribution in [0.25, 0.3) is 11.4 Å². The Balaban J connectivity index is 2.56. The van der Waals surface area contributed by atoms with Crippen LogP contribution < -0.4 is 0 Å². The second-order valence-electron chi connectivity index (χ2n) is 2.68. The van der Waals surface area contributed by atoms with E-state index in [0.29, 0.717) is 20.6 Å². The molecule has 0 fully saturated rings. The van der Waals surface area contributed by atoms with Crippen LogP contribution in [-0.2, 0) is 0 Å². The Morgan fingerprint density at radius 2 is 1.53 bits per heavy atom. The number of pyridine rings is 1. The Morgan fingerprint density at radius 1 is 1.00 bits per heavy atom. The summed E-state index contributed by atoms with van der Waals surface area (Å²) < 4.78 is 0.503. The molecule has 0 bridgehead atoms. The minimum Gasteiger partial charge on any atom is -0.265 e. The van der Waals surface area contributed by atoms with Gasteiger partial charge in [0.1, 0.15) is 10.3 Å². The molecule has 2 aromatic rings. The van der Waals surface area contributed by atoms with Gasteiger partial charge in [0.2, 0.25) is 0 Å². The summed E-state index contributed by atoms with van der Waals surface area (Å²) in [4.78, 5) is 12.1. The van der Waals surface area contributed by atoms with Crippen LogP contribution in [0, 0.1) is 0 Å². The number of halogens is 3. The van der Waals surface area contributed by atoms with Gasteiger partial charge in [0.25, 0.3) is 0 Å². The summed E-state index contributed by atoms with van der Waals surface area (Å²) in [5, 5.41) is 0.587. The largest absolute Gasteiger partial charge is 0.265 e. The van der Waals surface area contributed by atoms with Gasteiger partial charge in [-0.25, -0.2) is 9.97 Å². The van der Waals surface area contributed by atoms with Crippen molar-refractivity contribution in [3.63, 3.8) is 0 Å². The van der Waals surface area contributed by atoms with Gasteiger partial charge in [0.15, 0.2) is 5.82 Å². The maximum atomic E-state index is 5.87. The molecule has 6 heteroatoms. The summed E-state index contributed by atoms with van der Waals surface area (Å²) in [5.41, 5.74) is 0.821. The third kappa shape index (κ3) is 2.27. The quantitative estimate of drug-likeness (QED) is 0.756. The molecule has 0 amide bonds. The molecule has 2 heterocycles. The van der Waals surface area contributed by atoms with Crippen molar-refractivity contribution in [1.82, 2.24) is 15.0 Å². The third-order valence-electron chi connectivity index (χ3n) is 1.71. The Morgan fingerprint density at radius 3 is 2.07 bits per heavy atom. The molecule has 0 aliphatic rings. The van der Waals surface area contributed by atoms with Crippen molar-refractivity contribution in [3.8, 4) is 11.4 Å². The molecule has 0 radical (unpaired) electrons. The van der Waals surface area contributed by atoms with E-state index in [4.69, 9.17) is 23.2 Å². The van der Waals surface area contributed by atoms with E-state index >= 15 is 0 Å². The van der Waals surface area contributed by atoms with Gasteiger partial charge in [-0.1, -0.05) is 23.2 Å². The van der Waals surface area contributed by atoms with Crippen molar-refractivity contribution < 1.29 is 0 Å². The first kappa shape index (κ1) is 10.8. The molecule has 15 heavy (non-hydrogen) atoms. The zero-order chi connectivity index (χ0) is 10.8. The maximum Gasteiger partial charge on any atom is 0.162 e. The van der Waals surface area contributed by atoms with Gasteiger partial charge >= 0.3 is 0 Å². The summed E-state index contributed by atoms with van der Waals surface area (Å²) in [6, 6.07) is 3.58. The average Bonchev–Trinajstić information content (AvgIpc) is 2.26. The fourth-order valence-electron chi connectivity index (χ4n) is 1.02. The SMILES string of the molecule is Clc1nc(-c2ccncc2)nc(Cl)c1Br. The van der Waals surface area contributed by atoms with E-state index in [2.05, 4.69) is 30.9 Å². The third-order valence-corrected chi connectivity index (χ3v) is 3.46. The van der Waals surface area contributed by atoms with E-state index in [1.54, 1.807) is 24.5 Å². The van der Waals surface area contributed by atoms with Crippen molar-refractivity contribution in [2.75, 3.05) is 0 Å². The molecule has 0 aliphatic heterocycles. The molecule has 0 aliphatic carbocycles. The highest BCUT2D eigenvalue weighted by Gasteiger charge is 2.09. The number of rotatable bonds is 1. The second kappa shape index (κ2) is 4.43. The Labute approximate surface area is 105 Å². The first-order valence-corrected chi connectivity index (χ1v) is 5.52. The lowest BCUT2D eigenvalue weighted by atomic mass is 10.2. The number of hydrogen-bond acceptors (Lipinski definition) is 3. The zero-order valence-corrected chi connectivity index (χ0v) is 10.4. The monoisotopic (exact) mass is 303 g/mol. The lowest BCUT2D eigenvalue weighted by Crippen LogP contribution is -1.91. The van der Waals surface area contributed by atoms with Crippen LogP contribution in [0.2, 0.25) is 10.3 Å². The van der Waals surface area contributed by atoms with Crippen molar-refractivity contribution in [2.24, 2.45) is 0 Å². The van der Waals surface area contributed by atoms with Crippen molar-refractivity contribution >= 4 is 39.1 Å². The second-order valence-corrected chi connectivity index (χ2v) is 4.19. The Bertz CT molecular complexity index is 467. The van der Waals surface area contributed by atoms with E-state index in [-0.39, 0.29) is 0 Å². The van der Waals surface area contributed by atoms with E-state index in [1.807, 2.05) is 0 Å². The Hall–Kier alpha value is -0.710. The first-order chi connectivity index (χ1) is 7.18. The van der Waals surface area contributed by atoms with Gasteiger partial charge in [0, 0.05) is 18.0 Å². The average molecular weight is 305 g/mol. The molecule has 0 unspecified atom stereocenters. The fraction of sp³-hybridized carbons (Fsp3) is 0. The van der Waals surface area contributed by atoms with Crippen LogP contribution in [0.4, 0.5) is 0 Å². The van der Waals surface area contributed by atoms with Crippen LogP contribution in [0.15, 0.2) is 29.0 Å². The minimum absolute atomic E-state index is 0.293. The highest BCUT2D eigenvalue weighted by molar-refractivity contribution is 9.10. The standard InChI is InChI=1S/C9H4BrCl2N3/c10-6-7(11)14-9(15-8(6)12)5-1-3-13-4-2-5/h1-4H. The molecule has 0 atom stereocenters. The zero-order valence-electron chi connectivity index (χ0n) is 7.28. The van der Waals surface area contributed by atoms with Crippen LogP contribution in [0.5, 0.6) is 0 Å². The highest BCUT2D eigenvalue weighted by Crippen LogP contribution is 2.29. The summed E-state index contributed by atoms with van der Waals surface area (Å²) in [6.07, 6.45) is 3.31. The van der Waals surface area contributed by atoms with Gasteiger partial charge in [-0.2, -0.15) is 0 Å². The van der Waals surface area contributed by atoms with Gasteiger partial charge < -0.3 is 0 Å². The molecule has 3 nitrogen and oxygen atoms in total. The normalized spacial score (nSPS) is 10.3. The summed E-state index contributed by atoms with van der Waals surface area (Å²) in [6.45, 7) is 0. The van der Waals surface area contributed by atoms with Crippen molar-refractivity contribution in [2.45, 2.75) is 0 Å². The van der Waals surface area contributed by atoms with E-state index < -0.39 is 0 Å². The number of aromatic nitrogens is 3. The molecule has 2 rings (SSSR count). The number of nitrogens with zero attached hydrogens (tertiary/aromatic N) is 3. The van der Waals surface area contributed by atoms with Crippen molar-refractivity contribution in [3.05, 3.63) is 39.3 Å². The molecule has 0 N–H and O–H groups in total. The lowest BCUT2D eigenvalue weighted by Gasteiger charge is -2.02. The van der Waals surface area contributed by atoms with Crippen LogP contribution in [-0.4, -0.2) is 15.0 Å². The minimum atomic E-state index is 0.293. The predicted molar refractivity (Wildman–Crippen MR) is 63.0 cm³/mol. The summed E-state index contributed by atoms with van der Waals surface area (Å²) in [7, 11) is 0. The fourth-order valence-corrected chi connectivity index (χ4v) is 1.59. The van der Waals surface area contributed by atoms with Crippen molar-refractivity contribution in [1.29, 1.82) is 0 Å². The predicted octanol–water partition coefficient (Wildman–Crippen LogP) is 3.61. The molecule has 76 valence electrons. The van der Waals surface area contributed by atoms with E-state index in [0.717, 1.165) is 5.56 Å². The van der Waals surface area contributed by atoms with E-state index in [1.165, 1.54) is 0 Å². The topological polar surface area (TPSA) is 38.7 Å². The number of hydrogen-bond donors (Lipinski definition) is 0. The van der Waals surface area contributed by atoms with Gasteiger partial charge in [0.05, 0.1) is 4.47 Å². The smallest absolute Gasteiger partial charge is 0.162 e. The molecular formula is C9H4BrCl2N3. The van der Waals surface area contributed by atoms with Crippen LogP contribution in [0.1, 0.15) is 0 Å². The van der Waals surface area contributed by atoms with E-state index in [9.17, 15) is 0 Å². The first-order valence-electron chi connectivity index (χ1n) is 3.97. The molecule has 0 spiro atoms. The molecular weight excluding hydrogens is 301 g/mol. The van der Waals surface area contributed by atoms with Gasteiger partial charge in [-0.3, -0.25) is 4.98 Å². The summed E-state index contributed by atoms with van der Waals surface area (Å²) in [5.74, 6) is 0.482. The highest BCUT2D eigenvalue weighted by atomic mass is 79.9. The van der Waals surface area contributed by atoms with Crippen LogP contribution >= 0.6 is 39.1 Å². The lowest BCUT2D eigenvalue weighted by molar-refractivity contribution is 1.15. The van der Waals surface area contributed by atoms with Gasteiger partial charge in [-0.15, -0.1) is 0 Å².